The van der Waals surface area contributed by atoms with Crippen molar-refractivity contribution in [2.75, 3.05) is 10.2 Å². The van der Waals surface area contributed by atoms with E-state index >= 15 is 0 Å². The third kappa shape index (κ3) is 5.64. The Bertz CT molecular complexity index is 1150. The summed E-state index contributed by atoms with van der Waals surface area (Å²) in [6.45, 7) is 3.28. The number of hydrogen-bond donors (Lipinski definition) is 2. The Kier molecular flexibility index (Phi) is 7.30. The number of anilines is 2. The second kappa shape index (κ2) is 9.97. The fourth-order valence-electron chi connectivity index (χ4n) is 4.77. The highest BCUT2D eigenvalue weighted by molar-refractivity contribution is 6.35. The Morgan fingerprint density at radius 1 is 1.08 bits per heavy atom. The van der Waals surface area contributed by atoms with E-state index in [0.717, 1.165) is 12.8 Å². The first-order valence-electron chi connectivity index (χ1n) is 11.4. The summed E-state index contributed by atoms with van der Waals surface area (Å²) in [4.78, 5) is 30.9. The average Bonchev–Trinajstić information content (AvgIpc) is 3.05. The molecule has 2 N–H and O–H groups in total. The lowest BCUT2D eigenvalue weighted by molar-refractivity contribution is -0.167. The van der Waals surface area contributed by atoms with Gasteiger partial charge >= 0.3 is 12.1 Å². The molecule has 2 bridgehead atoms. The van der Waals surface area contributed by atoms with Crippen LogP contribution in [0.15, 0.2) is 36.5 Å². The Morgan fingerprint density at radius 3 is 2.36 bits per heavy atom. The largest absolute Gasteiger partial charge is 0.476 e. The number of ether oxygens (including phenoxy) is 1. The van der Waals surface area contributed by atoms with Crippen LogP contribution in [0.3, 0.4) is 0 Å². The first-order valence-corrected chi connectivity index (χ1v) is 12.2. The summed E-state index contributed by atoms with van der Waals surface area (Å²) in [7, 11) is 0. The third-order valence-electron chi connectivity index (χ3n) is 6.41. The van der Waals surface area contributed by atoms with Crippen LogP contribution >= 0.6 is 23.2 Å². The number of benzene rings is 1. The van der Waals surface area contributed by atoms with Gasteiger partial charge in [-0.05, 0) is 69.9 Å². The number of alkyl halides is 3. The van der Waals surface area contributed by atoms with Gasteiger partial charge in [0, 0.05) is 29.3 Å². The van der Waals surface area contributed by atoms with Crippen LogP contribution in [0.5, 0.6) is 5.75 Å². The maximum Gasteiger partial charge on any atom is 0.471 e. The Morgan fingerprint density at radius 2 is 1.75 bits per heavy atom. The fraction of sp³-hybridized carbons (Fsp3) is 0.458. The molecule has 194 valence electrons. The van der Waals surface area contributed by atoms with E-state index < -0.39 is 17.7 Å². The number of aromatic nitrogens is 1. The molecule has 0 spiro atoms. The Labute approximate surface area is 216 Å². The van der Waals surface area contributed by atoms with E-state index in [1.54, 1.807) is 26.0 Å². The van der Waals surface area contributed by atoms with Gasteiger partial charge in [0.1, 0.15) is 5.75 Å². The molecule has 0 saturated carbocycles. The molecule has 3 heterocycles. The molecule has 1 aromatic carbocycles. The maximum absolute atomic E-state index is 13.1. The molecule has 36 heavy (non-hydrogen) atoms. The zero-order chi connectivity index (χ0) is 26.3. The van der Waals surface area contributed by atoms with Crippen molar-refractivity contribution in [3.63, 3.8) is 0 Å². The standard InChI is InChI=1S/C24H25Cl2F3N4O3/c1-23(2,36-19-8-5-13(25)10-17(19)26)21(34)31-14-11-15-6-7-16(12-14)33(15)20-18(4-3-9-30-20)32-22(35)24(27,28)29/h3-5,8-10,14-16H,6-7,11-12H2,1-2H3,(H,31,34)(H,32,35)/t14?,15-,16+. The van der Waals surface area contributed by atoms with Gasteiger partial charge in [-0.25, -0.2) is 4.98 Å². The first kappa shape index (κ1) is 26.3. The van der Waals surface area contributed by atoms with Crippen LogP contribution in [0.2, 0.25) is 10.0 Å². The van der Waals surface area contributed by atoms with Crippen molar-refractivity contribution < 1.29 is 27.5 Å². The summed E-state index contributed by atoms with van der Waals surface area (Å²) >= 11 is 12.1. The second-order valence-corrected chi connectivity index (χ2v) is 10.3. The Hall–Kier alpha value is -2.72. The van der Waals surface area contributed by atoms with E-state index in [9.17, 15) is 22.8 Å². The molecule has 2 aliphatic heterocycles. The normalized spacial score (nSPS) is 21.8. The molecule has 1 aromatic heterocycles. The smallest absolute Gasteiger partial charge is 0.471 e. The number of fused-ring (bicyclic) bond motifs is 2. The minimum Gasteiger partial charge on any atom is -0.476 e. The van der Waals surface area contributed by atoms with E-state index in [4.69, 9.17) is 27.9 Å². The summed E-state index contributed by atoms with van der Waals surface area (Å²) in [5, 5.41) is 5.73. The second-order valence-electron chi connectivity index (χ2n) is 9.45. The van der Waals surface area contributed by atoms with Crippen LogP contribution in [0.25, 0.3) is 0 Å². The lowest BCUT2D eigenvalue weighted by atomic mass is 9.96. The van der Waals surface area contributed by atoms with Gasteiger partial charge in [0.25, 0.3) is 5.91 Å². The molecule has 0 radical (unpaired) electrons. The molecule has 1 unspecified atom stereocenters. The number of piperidine rings is 1. The van der Waals surface area contributed by atoms with Crippen LogP contribution in [0.1, 0.15) is 39.5 Å². The predicted octanol–water partition coefficient (Wildman–Crippen LogP) is 5.36. The molecule has 2 saturated heterocycles. The van der Waals surface area contributed by atoms with E-state index in [0.29, 0.717) is 34.5 Å². The number of carbonyl (C=O) groups is 2. The van der Waals surface area contributed by atoms with Crippen LogP contribution in [-0.4, -0.2) is 46.7 Å². The molecule has 2 aromatic rings. The highest BCUT2D eigenvalue weighted by atomic mass is 35.5. The van der Waals surface area contributed by atoms with Gasteiger partial charge in [-0.3, -0.25) is 9.59 Å². The predicted molar refractivity (Wildman–Crippen MR) is 131 cm³/mol. The van der Waals surface area contributed by atoms with Gasteiger partial charge in [-0.2, -0.15) is 13.2 Å². The van der Waals surface area contributed by atoms with Crippen molar-refractivity contribution in [3.05, 3.63) is 46.6 Å². The van der Waals surface area contributed by atoms with Gasteiger partial charge in [-0.15, -0.1) is 0 Å². The van der Waals surface area contributed by atoms with Crippen molar-refractivity contribution in [2.24, 2.45) is 0 Å². The highest BCUT2D eigenvalue weighted by Crippen LogP contribution is 2.41. The van der Waals surface area contributed by atoms with Crippen molar-refractivity contribution >= 4 is 46.5 Å². The quantitative estimate of drug-likeness (QED) is 0.511. The van der Waals surface area contributed by atoms with Crippen LogP contribution < -0.4 is 20.3 Å². The lowest BCUT2D eigenvalue weighted by Gasteiger charge is -2.41. The molecular formula is C24H25Cl2F3N4O3. The summed E-state index contributed by atoms with van der Waals surface area (Å²) < 4.78 is 44.3. The number of hydrogen-bond acceptors (Lipinski definition) is 5. The lowest BCUT2D eigenvalue weighted by Crippen LogP contribution is -2.55. The van der Waals surface area contributed by atoms with E-state index in [1.807, 2.05) is 10.2 Å². The number of amides is 2. The molecule has 3 atom stereocenters. The topological polar surface area (TPSA) is 83.6 Å². The monoisotopic (exact) mass is 544 g/mol. The van der Waals surface area contributed by atoms with E-state index in [1.165, 1.54) is 24.4 Å². The minimum absolute atomic E-state index is 0.00795. The fourth-order valence-corrected chi connectivity index (χ4v) is 5.22. The molecule has 12 heteroatoms. The van der Waals surface area contributed by atoms with Crippen molar-refractivity contribution in [3.8, 4) is 5.75 Å². The summed E-state index contributed by atoms with van der Waals surface area (Å²) in [5.74, 6) is -1.73. The molecule has 2 amide bonds. The molecule has 2 aliphatic rings. The number of halogens is 5. The van der Waals surface area contributed by atoms with Crippen LogP contribution in [0.4, 0.5) is 24.7 Å². The number of rotatable bonds is 6. The van der Waals surface area contributed by atoms with Gasteiger partial charge in [0.05, 0.1) is 10.7 Å². The van der Waals surface area contributed by atoms with Crippen molar-refractivity contribution in [2.45, 2.75) is 69.4 Å². The van der Waals surface area contributed by atoms with Gasteiger partial charge in [0.15, 0.2) is 11.4 Å². The number of carbonyl (C=O) groups excluding carboxylic acids is 2. The van der Waals surface area contributed by atoms with Crippen LogP contribution in [0, 0.1) is 0 Å². The van der Waals surface area contributed by atoms with Gasteiger partial charge in [0.2, 0.25) is 0 Å². The number of nitrogens with zero attached hydrogens (tertiary/aromatic N) is 2. The number of nitrogens with one attached hydrogen (secondary N) is 2. The first-order chi connectivity index (χ1) is 16.8. The summed E-state index contributed by atoms with van der Waals surface area (Å²) in [5.41, 5.74) is -1.21. The molecule has 7 nitrogen and oxygen atoms in total. The van der Waals surface area contributed by atoms with Crippen molar-refractivity contribution in [1.82, 2.24) is 10.3 Å². The SMILES string of the molecule is CC(C)(Oc1ccc(Cl)cc1Cl)C(=O)NC1C[C@H]2CC[C@@H](C1)N2c1ncccc1NC(=O)C(F)(F)F. The van der Waals surface area contributed by atoms with Crippen molar-refractivity contribution in [1.29, 1.82) is 0 Å². The van der Waals surface area contributed by atoms with Gasteiger partial charge < -0.3 is 20.3 Å². The molecule has 2 fully saturated rings. The number of pyridine rings is 1. The third-order valence-corrected chi connectivity index (χ3v) is 6.94. The zero-order valence-corrected chi connectivity index (χ0v) is 21.0. The summed E-state index contributed by atoms with van der Waals surface area (Å²) in [6, 6.07) is 7.35. The summed E-state index contributed by atoms with van der Waals surface area (Å²) in [6.07, 6.45) is -0.796. The molecule has 0 aliphatic carbocycles. The minimum atomic E-state index is -5.01. The zero-order valence-electron chi connectivity index (χ0n) is 19.5. The van der Waals surface area contributed by atoms with Crippen LogP contribution in [-0.2, 0) is 9.59 Å². The molecule has 4 rings (SSSR count). The average molecular weight is 545 g/mol. The van der Waals surface area contributed by atoms with E-state index in [2.05, 4.69) is 10.3 Å². The highest BCUT2D eigenvalue weighted by Gasteiger charge is 2.45. The van der Waals surface area contributed by atoms with Gasteiger partial charge in [-0.1, -0.05) is 23.2 Å². The molecular weight excluding hydrogens is 520 g/mol. The maximum atomic E-state index is 13.1. The van der Waals surface area contributed by atoms with E-state index in [-0.39, 0.29) is 29.7 Å². The Balaban J connectivity index is 1.44.